The Kier molecular flexibility index (Phi) is 6.61. The smallest absolute Gasteiger partial charge is 0.0547 e. The molecule has 2 unspecified atom stereocenters. The van der Waals surface area contributed by atoms with Crippen LogP contribution in [0.15, 0.2) is 18.2 Å². The Bertz CT molecular complexity index is 418. The molecule has 2 rings (SSSR count). The molecule has 0 amide bonds. The Balaban J connectivity index is 1.95. The second-order valence-corrected chi connectivity index (χ2v) is 5.89. The molecule has 1 aromatic heterocycles. The molecule has 1 fully saturated rings. The van der Waals surface area contributed by atoms with Crippen molar-refractivity contribution in [3.63, 3.8) is 0 Å². The Morgan fingerprint density at radius 2 is 2.29 bits per heavy atom. The summed E-state index contributed by atoms with van der Waals surface area (Å²) in [7, 11) is 0. The minimum atomic E-state index is 0.516. The average molecular weight is 291 g/mol. The average Bonchev–Trinajstić information content (AvgIpc) is 3.00. The molecule has 1 aromatic rings. The van der Waals surface area contributed by atoms with Crippen LogP contribution in [-0.2, 0) is 11.3 Å². The highest BCUT2D eigenvalue weighted by atomic mass is 16.5. The van der Waals surface area contributed by atoms with E-state index in [0.29, 0.717) is 12.0 Å². The highest BCUT2D eigenvalue weighted by Gasteiger charge is 2.26. The molecule has 0 aromatic carbocycles. The van der Waals surface area contributed by atoms with E-state index in [0.717, 1.165) is 50.8 Å². The van der Waals surface area contributed by atoms with Gasteiger partial charge in [-0.2, -0.15) is 0 Å². The van der Waals surface area contributed by atoms with Gasteiger partial charge in [0.15, 0.2) is 0 Å². The standard InChI is InChI=1S/C17H29N3O/c1-4-18-17(15-9-10-21-13-15)12-20(5-2)11-16-8-6-7-14(3)19-16/h6-8,15,17-18H,4-5,9-13H2,1-3H3. The first-order valence-electron chi connectivity index (χ1n) is 8.19. The molecule has 1 N–H and O–H groups in total. The van der Waals surface area contributed by atoms with Crippen molar-refractivity contribution in [1.82, 2.24) is 15.2 Å². The first kappa shape index (κ1) is 16.4. The Morgan fingerprint density at radius 3 is 2.90 bits per heavy atom. The largest absolute Gasteiger partial charge is 0.381 e. The Morgan fingerprint density at radius 1 is 1.43 bits per heavy atom. The molecular weight excluding hydrogens is 262 g/mol. The van der Waals surface area contributed by atoms with Gasteiger partial charge in [-0.05, 0) is 38.6 Å². The van der Waals surface area contributed by atoms with E-state index in [1.165, 1.54) is 6.42 Å². The van der Waals surface area contributed by atoms with Gasteiger partial charge in [-0.1, -0.05) is 19.9 Å². The molecule has 118 valence electrons. The fourth-order valence-electron chi connectivity index (χ4n) is 3.01. The number of nitrogens with one attached hydrogen (secondary N) is 1. The molecule has 4 nitrogen and oxygen atoms in total. The topological polar surface area (TPSA) is 37.4 Å². The lowest BCUT2D eigenvalue weighted by Crippen LogP contribution is -2.45. The maximum absolute atomic E-state index is 5.56. The van der Waals surface area contributed by atoms with Crippen LogP contribution in [0, 0.1) is 12.8 Å². The summed E-state index contributed by atoms with van der Waals surface area (Å²) in [4.78, 5) is 7.10. The van der Waals surface area contributed by atoms with E-state index in [-0.39, 0.29) is 0 Å². The maximum Gasteiger partial charge on any atom is 0.0547 e. The van der Waals surface area contributed by atoms with Gasteiger partial charge in [0.2, 0.25) is 0 Å². The van der Waals surface area contributed by atoms with Crippen molar-refractivity contribution in [2.45, 2.75) is 39.8 Å². The number of aryl methyl sites for hydroxylation is 1. The molecule has 21 heavy (non-hydrogen) atoms. The van der Waals surface area contributed by atoms with E-state index < -0.39 is 0 Å². The minimum Gasteiger partial charge on any atom is -0.381 e. The molecule has 0 aliphatic carbocycles. The zero-order valence-electron chi connectivity index (χ0n) is 13.6. The highest BCUT2D eigenvalue weighted by molar-refractivity contribution is 5.09. The van der Waals surface area contributed by atoms with Crippen molar-refractivity contribution >= 4 is 0 Å². The molecule has 0 saturated carbocycles. The third-order valence-corrected chi connectivity index (χ3v) is 4.23. The lowest BCUT2D eigenvalue weighted by Gasteiger charge is -2.30. The van der Waals surface area contributed by atoms with Gasteiger partial charge >= 0.3 is 0 Å². The number of hydrogen-bond acceptors (Lipinski definition) is 4. The zero-order valence-corrected chi connectivity index (χ0v) is 13.6. The van der Waals surface area contributed by atoms with Crippen LogP contribution in [0.4, 0.5) is 0 Å². The van der Waals surface area contributed by atoms with Gasteiger partial charge in [0.1, 0.15) is 0 Å². The van der Waals surface area contributed by atoms with Gasteiger partial charge in [0.05, 0.1) is 12.3 Å². The molecule has 0 spiro atoms. The van der Waals surface area contributed by atoms with Crippen molar-refractivity contribution in [3.8, 4) is 0 Å². The molecule has 0 radical (unpaired) electrons. The molecular formula is C17H29N3O. The molecule has 1 saturated heterocycles. The van der Waals surface area contributed by atoms with Crippen LogP contribution in [0.3, 0.4) is 0 Å². The predicted octanol–water partition coefficient (Wildman–Crippen LogP) is 2.23. The fraction of sp³-hybridized carbons (Fsp3) is 0.706. The van der Waals surface area contributed by atoms with Gasteiger partial charge in [-0.15, -0.1) is 0 Å². The first-order chi connectivity index (χ1) is 10.2. The number of aromatic nitrogens is 1. The van der Waals surface area contributed by atoms with Crippen LogP contribution in [0.1, 0.15) is 31.7 Å². The number of ether oxygens (including phenoxy) is 1. The number of rotatable bonds is 8. The van der Waals surface area contributed by atoms with E-state index in [1.807, 2.05) is 0 Å². The Labute approximate surface area is 128 Å². The van der Waals surface area contributed by atoms with E-state index in [1.54, 1.807) is 0 Å². The third-order valence-electron chi connectivity index (χ3n) is 4.23. The lowest BCUT2D eigenvalue weighted by atomic mass is 9.98. The number of nitrogens with zero attached hydrogens (tertiary/aromatic N) is 2. The fourth-order valence-corrected chi connectivity index (χ4v) is 3.01. The zero-order chi connectivity index (χ0) is 15.1. The van der Waals surface area contributed by atoms with Crippen molar-refractivity contribution in [2.24, 2.45) is 5.92 Å². The summed E-state index contributed by atoms with van der Waals surface area (Å²) >= 11 is 0. The van der Waals surface area contributed by atoms with Gasteiger partial charge in [-0.3, -0.25) is 9.88 Å². The normalized spacial score (nSPS) is 20.1. The van der Waals surface area contributed by atoms with Crippen molar-refractivity contribution < 1.29 is 4.74 Å². The summed E-state index contributed by atoms with van der Waals surface area (Å²) in [5.41, 5.74) is 2.26. The van der Waals surface area contributed by atoms with Crippen LogP contribution in [0.5, 0.6) is 0 Å². The quantitative estimate of drug-likeness (QED) is 0.797. The predicted molar refractivity (Wildman–Crippen MR) is 86.3 cm³/mol. The van der Waals surface area contributed by atoms with Gasteiger partial charge in [0.25, 0.3) is 0 Å². The molecule has 1 aliphatic rings. The second-order valence-electron chi connectivity index (χ2n) is 5.89. The molecule has 4 heteroatoms. The monoisotopic (exact) mass is 291 g/mol. The summed E-state index contributed by atoms with van der Waals surface area (Å²) < 4.78 is 5.56. The SMILES string of the molecule is CCNC(CN(CC)Cc1cccc(C)n1)C1CCOC1. The molecule has 2 heterocycles. The molecule has 2 atom stereocenters. The summed E-state index contributed by atoms with van der Waals surface area (Å²) in [6, 6.07) is 6.79. The van der Waals surface area contributed by atoms with Gasteiger partial charge in [-0.25, -0.2) is 0 Å². The number of likely N-dealkylation sites (N-methyl/N-ethyl adjacent to an activating group) is 2. The Hall–Kier alpha value is -0.970. The summed E-state index contributed by atoms with van der Waals surface area (Å²) in [5, 5.41) is 3.64. The van der Waals surface area contributed by atoms with Gasteiger partial charge < -0.3 is 10.1 Å². The summed E-state index contributed by atoms with van der Waals surface area (Å²) in [6.07, 6.45) is 1.18. The first-order valence-corrected chi connectivity index (χ1v) is 8.19. The van der Waals surface area contributed by atoms with E-state index in [4.69, 9.17) is 4.74 Å². The second kappa shape index (κ2) is 8.47. The van der Waals surface area contributed by atoms with Crippen LogP contribution < -0.4 is 5.32 Å². The van der Waals surface area contributed by atoms with Crippen molar-refractivity contribution in [2.75, 3.05) is 32.8 Å². The highest BCUT2D eigenvalue weighted by Crippen LogP contribution is 2.18. The lowest BCUT2D eigenvalue weighted by molar-refractivity contribution is 0.160. The minimum absolute atomic E-state index is 0.516. The molecule has 1 aliphatic heterocycles. The van der Waals surface area contributed by atoms with E-state index in [9.17, 15) is 0 Å². The number of pyridine rings is 1. The van der Waals surface area contributed by atoms with Crippen LogP contribution in [0.25, 0.3) is 0 Å². The van der Waals surface area contributed by atoms with E-state index >= 15 is 0 Å². The summed E-state index contributed by atoms with van der Waals surface area (Å²) in [5.74, 6) is 0.643. The van der Waals surface area contributed by atoms with Crippen molar-refractivity contribution in [3.05, 3.63) is 29.6 Å². The summed E-state index contributed by atoms with van der Waals surface area (Å²) in [6.45, 7) is 12.3. The number of hydrogen-bond donors (Lipinski definition) is 1. The molecule has 0 bridgehead atoms. The third kappa shape index (κ3) is 5.06. The van der Waals surface area contributed by atoms with Crippen molar-refractivity contribution in [1.29, 1.82) is 0 Å². The van der Waals surface area contributed by atoms with Crippen LogP contribution in [-0.4, -0.2) is 48.8 Å². The van der Waals surface area contributed by atoms with E-state index in [2.05, 4.69) is 54.2 Å². The van der Waals surface area contributed by atoms with Crippen LogP contribution in [0.2, 0.25) is 0 Å². The maximum atomic E-state index is 5.56. The van der Waals surface area contributed by atoms with Crippen LogP contribution >= 0.6 is 0 Å². The van der Waals surface area contributed by atoms with Gasteiger partial charge in [0, 0.05) is 37.4 Å².